The highest BCUT2D eigenvalue weighted by Gasteiger charge is 2.13. The van der Waals surface area contributed by atoms with Crippen molar-refractivity contribution in [2.24, 2.45) is 0 Å². The molecule has 0 saturated carbocycles. The molecule has 2 rings (SSSR count). The van der Waals surface area contributed by atoms with Gasteiger partial charge in [-0.25, -0.2) is 0 Å². The fraction of sp³-hybridized carbons (Fsp3) is 0.562. The fourth-order valence-corrected chi connectivity index (χ4v) is 5.12. The molecule has 0 spiro atoms. The molecule has 0 saturated heterocycles. The first kappa shape index (κ1) is 31.9. The van der Waals surface area contributed by atoms with Gasteiger partial charge in [0, 0.05) is 0 Å². The Morgan fingerprint density at radius 2 is 1.11 bits per heavy atom. The van der Waals surface area contributed by atoms with Crippen LogP contribution in [-0.4, -0.2) is 31.9 Å². The van der Waals surface area contributed by atoms with E-state index >= 15 is 0 Å². The molecule has 0 heterocycles. The molecule has 212 valence electrons. The van der Waals surface area contributed by atoms with Crippen molar-refractivity contribution < 1.29 is 22.4 Å². The Kier molecular flexibility index (Phi) is 16.6. The summed E-state index contributed by atoms with van der Waals surface area (Å²) in [4.78, 5) is 0. The molecule has 0 fully saturated rings. The second kappa shape index (κ2) is 19.7. The lowest BCUT2D eigenvalue weighted by Crippen LogP contribution is -2.03. The van der Waals surface area contributed by atoms with Crippen LogP contribution in [0, 0.1) is 0 Å². The van der Waals surface area contributed by atoms with Crippen LogP contribution < -0.4 is 9.47 Å². The van der Waals surface area contributed by atoms with E-state index in [1.807, 2.05) is 42.5 Å². The molecule has 2 aromatic rings. The maximum absolute atomic E-state index is 10.8. The molecular weight excluding hydrogens is 496 g/mol. The molecule has 0 bridgehead atoms. The molecule has 0 amide bonds. The Hall–Kier alpha value is -2.31. The number of unbranched alkanes of at least 4 members (excludes halogenated alkanes) is 13. The van der Waals surface area contributed by atoms with Gasteiger partial charge in [-0.3, -0.25) is 4.55 Å². The second-order valence-corrected chi connectivity index (χ2v) is 11.6. The van der Waals surface area contributed by atoms with E-state index in [0.717, 1.165) is 74.0 Å². The molecule has 0 unspecified atom stereocenters. The van der Waals surface area contributed by atoms with E-state index in [0.29, 0.717) is 19.6 Å². The van der Waals surface area contributed by atoms with E-state index in [-0.39, 0.29) is 5.75 Å². The molecule has 6 heteroatoms. The van der Waals surface area contributed by atoms with Gasteiger partial charge < -0.3 is 9.47 Å². The topological polar surface area (TPSA) is 72.8 Å². The zero-order chi connectivity index (χ0) is 27.3. The highest BCUT2D eigenvalue weighted by molar-refractivity contribution is 7.85. The average Bonchev–Trinajstić information content (AvgIpc) is 2.90. The predicted molar refractivity (Wildman–Crippen MR) is 159 cm³/mol. The van der Waals surface area contributed by atoms with Gasteiger partial charge in [-0.1, -0.05) is 107 Å². The standard InChI is InChI=1S/C32H48O5S/c1-2-3-4-5-6-7-9-12-18-26-36-30-24-21-25-31(32(30)29-22-16-15-17-23-29)37-27-19-13-10-8-11-14-20-28-38(33,34)35/h2,15-17,21-25H,1,3-14,18-20,26-28H2,(H,33,34,35). The SMILES string of the molecule is C=CCCCCCCCCCOc1cccc(OCCCCCCCCCS(=O)(=O)O)c1-c1ccccc1. The van der Waals surface area contributed by atoms with Crippen molar-refractivity contribution in [1.29, 1.82) is 0 Å². The first-order chi connectivity index (χ1) is 18.5. The van der Waals surface area contributed by atoms with Crippen LogP contribution in [0.2, 0.25) is 0 Å². The number of hydrogen-bond acceptors (Lipinski definition) is 4. The van der Waals surface area contributed by atoms with E-state index in [1.165, 1.54) is 38.5 Å². The van der Waals surface area contributed by atoms with E-state index in [4.69, 9.17) is 14.0 Å². The van der Waals surface area contributed by atoms with Crippen LogP contribution in [0.15, 0.2) is 61.2 Å². The Balaban J connectivity index is 1.74. The van der Waals surface area contributed by atoms with Crippen LogP contribution in [-0.2, 0) is 10.1 Å². The predicted octanol–water partition coefficient (Wildman–Crippen LogP) is 9.04. The lowest BCUT2D eigenvalue weighted by Gasteiger charge is -2.17. The normalized spacial score (nSPS) is 11.4. The Labute approximate surface area is 231 Å². The van der Waals surface area contributed by atoms with Crippen molar-refractivity contribution in [3.63, 3.8) is 0 Å². The van der Waals surface area contributed by atoms with Crippen molar-refractivity contribution in [3.8, 4) is 22.6 Å². The third kappa shape index (κ3) is 14.6. The summed E-state index contributed by atoms with van der Waals surface area (Å²) in [6.45, 7) is 5.15. The van der Waals surface area contributed by atoms with Crippen LogP contribution in [0.3, 0.4) is 0 Å². The van der Waals surface area contributed by atoms with Gasteiger partial charge in [-0.15, -0.1) is 6.58 Å². The Morgan fingerprint density at radius 1 is 0.632 bits per heavy atom. The highest BCUT2D eigenvalue weighted by Crippen LogP contribution is 2.38. The van der Waals surface area contributed by atoms with Crippen molar-refractivity contribution in [1.82, 2.24) is 0 Å². The summed E-state index contributed by atoms with van der Waals surface area (Å²) < 4.78 is 42.8. The summed E-state index contributed by atoms with van der Waals surface area (Å²) in [5.74, 6) is 1.60. The summed E-state index contributed by atoms with van der Waals surface area (Å²) >= 11 is 0. The van der Waals surface area contributed by atoms with Gasteiger partial charge in [0.15, 0.2) is 0 Å². The third-order valence-corrected chi connectivity index (χ3v) is 7.47. The quantitative estimate of drug-likeness (QED) is 0.0858. The Bertz CT molecular complexity index is 988. The van der Waals surface area contributed by atoms with Gasteiger partial charge in [0.25, 0.3) is 10.1 Å². The highest BCUT2D eigenvalue weighted by atomic mass is 32.2. The van der Waals surface area contributed by atoms with Crippen LogP contribution in [0.1, 0.15) is 96.3 Å². The second-order valence-electron chi connectivity index (χ2n) is 10.0. The summed E-state index contributed by atoms with van der Waals surface area (Å²) in [5, 5.41) is 0. The molecular formula is C32H48O5S. The minimum Gasteiger partial charge on any atom is -0.493 e. The van der Waals surface area contributed by atoms with Crippen molar-refractivity contribution >= 4 is 10.1 Å². The number of hydrogen-bond donors (Lipinski definition) is 1. The number of allylic oxidation sites excluding steroid dienone is 1. The molecule has 5 nitrogen and oxygen atoms in total. The summed E-state index contributed by atoms with van der Waals surface area (Å²) in [7, 11) is -3.82. The number of rotatable bonds is 23. The van der Waals surface area contributed by atoms with Crippen LogP contribution in [0.4, 0.5) is 0 Å². The zero-order valence-electron chi connectivity index (χ0n) is 23.1. The fourth-order valence-electron chi connectivity index (χ4n) is 4.55. The lowest BCUT2D eigenvalue weighted by atomic mass is 10.0. The number of benzene rings is 2. The molecule has 1 N–H and O–H groups in total. The van der Waals surface area contributed by atoms with Gasteiger partial charge in [-0.2, -0.15) is 8.42 Å². The number of ether oxygens (including phenoxy) is 2. The molecule has 2 aromatic carbocycles. The van der Waals surface area contributed by atoms with E-state index < -0.39 is 10.1 Å². The van der Waals surface area contributed by atoms with Crippen LogP contribution >= 0.6 is 0 Å². The van der Waals surface area contributed by atoms with Gasteiger partial charge in [0.05, 0.1) is 24.5 Å². The van der Waals surface area contributed by atoms with Gasteiger partial charge >= 0.3 is 0 Å². The van der Waals surface area contributed by atoms with E-state index in [2.05, 4.69) is 18.7 Å². The third-order valence-electron chi connectivity index (χ3n) is 6.66. The minimum absolute atomic E-state index is 0.135. The van der Waals surface area contributed by atoms with Gasteiger partial charge in [-0.05, 0) is 49.8 Å². The molecule has 0 aliphatic carbocycles. The molecule has 38 heavy (non-hydrogen) atoms. The van der Waals surface area contributed by atoms with Crippen molar-refractivity contribution in [2.75, 3.05) is 19.0 Å². The van der Waals surface area contributed by atoms with Gasteiger partial charge in [0.2, 0.25) is 0 Å². The Morgan fingerprint density at radius 3 is 1.61 bits per heavy atom. The summed E-state index contributed by atoms with van der Waals surface area (Å²) in [6.07, 6.45) is 18.4. The van der Waals surface area contributed by atoms with Crippen LogP contribution in [0.25, 0.3) is 11.1 Å². The average molecular weight is 545 g/mol. The van der Waals surface area contributed by atoms with E-state index in [1.54, 1.807) is 0 Å². The van der Waals surface area contributed by atoms with E-state index in [9.17, 15) is 8.42 Å². The summed E-state index contributed by atoms with van der Waals surface area (Å²) in [5.41, 5.74) is 2.12. The maximum Gasteiger partial charge on any atom is 0.264 e. The largest absolute Gasteiger partial charge is 0.493 e. The van der Waals surface area contributed by atoms with Crippen molar-refractivity contribution in [2.45, 2.75) is 96.3 Å². The van der Waals surface area contributed by atoms with Crippen molar-refractivity contribution in [3.05, 3.63) is 61.2 Å². The smallest absolute Gasteiger partial charge is 0.264 e. The maximum atomic E-state index is 10.8. The first-order valence-corrected chi connectivity index (χ1v) is 16.1. The van der Waals surface area contributed by atoms with Crippen LogP contribution in [0.5, 0.6) is 11.5 Å². The molecule has 0 aliphatic heterocycles. The molecule has 0 aromatic heterocycles. The van der Waals surface area contributed by atoms with Gasteiger partial charge in [0.1, 0.15) is 11.5 Å². The zero-order valence-corrected chi connectivity index (χ0v) is 23.9. The molecule has 0 radical (unpaired) electrons. The molecule has 0 atom stereocenters. The minimum atomic E-state index is -3.82. The molecule has 0 aliphatic rings. The summed E-state index contributed by atoms with van der Waals surface area (Å²) in [6, 6.07) is 16.4. The first-order valence-electron chi connectivity index (χ1n) is 14.5. The monoisotopic (exact) mass is 544 g/mol. The lowest BCUT2D eigenvalue weighted by molar-refractivity contribution is 0.292.